The van der Waals surface area contributed by atoms with E-state index in [4.69, 9.17) is 23.2 Å². The Kier molecular flexibility index (Phi) is 5.06. The smallest absolute Gasteiger partial charge is 0.279 e. The first-order chi connectivity index (χ1) is 17.0. The molecule has 2 amide bonds. The molecule has 1 spiro atoms. The molecule has 0 bridgehead atoms. The molecule has 0 aromatic heterocycles. The van der Waals surface area contributed by atoms with Crippen LogP contribution < -0.4 is 15.1 Å². The Morgan fingerprint density at radius 1 is 0.743 bits per heavy atom. The van der Waals surface area contributed by atoms with Crippen molar-refractivity contribution in [2.24, 2.45) is 0 Å². The van der Waals surface area contributed by atoms with Gasteiger partial charge in [0.05, 0.1) is 17.8 Å². The van der Waals surface area contributed by atoms with Crippen molar-refractivity contribution in [2.45, 2.75) is 12.2 Å². The number of nitrogens with one attached hydrogen (secondary N) is 1. The number of para-hydroxylation sites is 3. The predicted octanol–water partition coefficient (Wildman–Crippen LogP) is 6.47. The number of rotatable bonds is 3. The van der Waals surface area contributed by atoms with Gasteiger partial charge in [-0.3, -0.25) is 14.5 Å². The van der Waals surface area contributed by atoms with Crippen molar-refractivity contribution in [2.75, 3.05) is 15.1 Å². The topological polar surface area (TPSA) is 52.7 Å². The van der Waals surface area contributed by atoms with Gasteiger partial charge in [-0.15, -0.1) is 0 Å². The number of anilines is 3. The van der Waals surface area contributed by atoms with Gasteiger partial charge in [0, 0.05) is 32.5 Å². The van der Waals surface area contributed by atoms with Gasteiger partial charge in [-0.1, -0.05) is 77.8 Å². The normalized spacial score (nSPS) is 18.5. The van der Waals surface area contributed by atoms with Crippen LogP contribution in [0, 0.1) is 0 Å². The molecule has 0 aliphatic carbocycles. The van der Waals surface area contributed by atoms with Crippen LogP contribution in [0.4, 0.5) is 17.1 Å². The summed E-state index contributed by atoms with van der Waals surface area (Å²) in [5, 5.41) is 4.40. The first-order valence-corrected chi connectivity index (χ1v) is 11.9. The van der Waals surface area contributed by atoms with Gasteiger partial charge < -0.3 is 10.2 Å². The highest BCUT2D eigenvalue weighted by molar-refractivity contribution is 6.36. The highest BCUT2D eigenvalue weighted by Crippen LogP contribution is 2.50. The summed E-state index contributed by atoms with van der Waals surface area (Å²) >= 11 is 12.9. The summed E-state index contributed by atoms with van der Waals surface area (Å²) in [6.07, 6.45) is 0. The lowest BCUT2D eigenvalue weighted by molar-refractivity contribution is -0.122. The van der Waals surface area contributed by atoms with E-state index in [9.17, 15) is 9.59 Å². The second-order valence-electron chi connectivity index (χ2n) is 8.47. The number of hydrogen-bond acceptors (Lipinski definition) is 3. The second kappa shape index (κ2) is 8.15. The molecule has 4 aromatic rings. The van der Waals surface area contributed by atoms with E-state index in [1.807, 2.05) is 72.8 Å². The van der Waals surface area contributed by atoms with Gasteiger partial charge in [0.1, 0.15) is 0 Å². The summed E-state index contributed by atoms with van der Waals surface area (Å²) in [5.41, 5.74) is 2.25. The Hall–Kier alpha value is -3.80. The zero-order chi connectivity index (χ0) is 24.2. The minimum atomic E-state index is -1.48. The van der Waals surface area contributed by atoms with Crippen molar-refractivity contribution in [1.82, 2.24) is 0 Å². The first kappa shape index (κ1) is 21.7. The Balaban J connectivity index is 1.59. The number of fused-ring (bicyclic) bond motifs is 3. The van der Waals surface area contributed by atoms with Crippen LogP contribution in [-0.4, -0.2) is 11.8 Å². The van der Waals surface area contributed by atoms with Crippen molar-refractivity contribution in [3.63, 3.8) is 0 Å². The van der Waals surface area contributed by atoms with Gasteiger partial charge in [-0.25, -0.2) is 0 Å². The van der Waals surface area contributed by atoms with Gasteiger partial charge in [0.15, 0.2) is 0 Å². The van der Waals surface area contributed by atoms with Crippen LogP contribution in [-0.2, 0) is 17.0 Å². The maximum Gasteiger partial charge on any atom is 0.279 e. The summed E-state index contributed by atoms with van der Waals surface area (Å²) in [4.78, 5) is 31.7. The monoisotopic (exact) mass is 499 g/mol. The fourth-order valence-corrected chi connectivity index (χ4v) is 5.48. The lowest BCUT2D eigenvalue weighted by Crippen LogP contribution is -2.63. The predicted molar refractivity (Wildman–Crippen MR) is 139 cm³/mol. The van der Waals surface area contributed by atoms with Crippen LogP contribution in [0.5, 0.6) is 0 Å². The zero-order valence-electron chi connectivity index (χ0n) is 18.4. The number of amides is 2. The van der Waals surface area contributed by atoms with Crippen LogP contribution in [0.2, 0.25) is 10.0 Å². The number of carbonyl (C=O) groups excluding carboxylic acids is 2. The molecule has 1 N–H and O–H groups in total. The molecule has 1 atom stereocenters. The molecule has 0 saturated carbocycles. The summed E-state index contributed by atoms with van der Waals surface area (Å²) in [6, 6.07) is 29.3. The van der Waals surface area contributed by atoms with Crippen molar-refractivity contribution in [3.05, 3.63) is 124 Å². The number of carbonyl (C=O) groups is 2. The standard InChI is InChI=1S/C28H19Cl2N3O2/c29-22-13-8-14-23(30)20(22)17-32-25-16-7-5-12-21(25)28(27(32)35)31-24-15-6-4-11-19(24)26(34)33(28)18-9-2-1-3-10-18/h1-16,31H,17H2/t28-/m0/s1. The lowest BCUT2D eigenvalue weighted by atomic mass is 9.92. The largest absolute Gasteiger partial charge is 0.350 e. The molecule has 172 valence electrons. The average Bonchev–Trinajstić information content (AvgIpc) is 3.10. The Morgan fingerprint density at radius 2 is 1.40 bits per heavy atom. The Morgan fingerprint density at radius 3 is 2.17 bits per heavy atom. The maximum absolute atomic E-state index is 14.5. The molecule has 0 radical (unpaired) electrons. The molecular formula is C28H19Cl2N3O2. The van der Waals surface area contributed by atoms with Crippen molar-refractivity contribution >= 4 is 52.1 Å². The van der Waals surface area contributed by atoms with Gasteiger partial charge in [-0.2, -0.15) is 0 Å². The molecule has 2 aliphatic rings. The van der Waals surface area contributed by atoms with Gasteiger partial charge in [0.25, 0.3) is 11.8 Å². The maximum atomic E-state index is 14.5. The zero-order valence-corrected chi connectivity index (χ0v) is 19.9. The fourth-order valence-electron chi connectivity index (χ4n) is 4.96. The minimum absolute atomic E-state index is 0.163. The third-order valence-electron chi connectivity index (χ3n) is 6.54. The molecule has 7 heteroatoms. The molecule has 6 rings (SSSR count). The Labute approximate surface area is 212 Å². The summed E-state index contributed by atoms with van der Waals surface area (Å²) < 4.78 is 0. The van der Waals surface area contributed by atoms with E-state index < -0.39 is 5.66 Å². The lowest BCUT2D eigenvalue weighted by Gasteiger charge is -2.45. The molecule has 35 heavy (non-hydrogen) atoms. The highest BCUT2D eigenvalue weighted by Gasteiger charge is 2.59. The molecule has 4 aromatic carbocycles. The number of nitrogens with zero attached hydrogens (tertiary/aromatic N) is 2. The number of halogens is 2. The number of benzene rings is 4. The van der Waals surface area contributed by atoms with E-state index in [-0.39, 0.29) is 18.4 Å². The summed E-state index contributed by atoms with van der Waals surface area (Å²) in [7, 11) is 0. The van der Waals surface area contributed by atoms with Crippen LogP contribution in [0.15, 0.2) is 97.1 Å². The van der Waals surface area contributed by atoms with Gasteiger partial charge in [0.2, 0.25) is 5.66 Å². The van der Waals surface area contributed by atoms with Gasteiger partial charge in [-0.05, 0) is 42.5 Å². The minimum Gasteiger partial charge on any atom is -0.350 e. The third-order valence-corrected chi connectivity index (χ3v) is 7.25. The van der Waals surface area contributed by atoms with Gasteiger partial charge >= 0.3 is 0 Å². The first-order valence-electron chi connectivity index (χ1n) is 11.1. The fraction of sp³-hybridized carbons (Fsp3) is 0.0714. The van der Waals surface area contributed by atoms with E-state index >= 15 is 0 Å². The molecule has 0 saturated heterocycles. The van der Waals surface area contributed by atoms with Crippen molar-refractivity contribution in [1.29, 1.82) is 0 Å². The summed E-state index contributed by atoms with van der Waals surface area (Å²) in [6.45, 7) is 0.163. The van der Waals surface area contributed by atoms with E-state index in [1.54, 1.807) is 34.1 Å². The van der Waals surface area contributed by atoms with E-state index in [0.29, 0.717) is 43.8 Å². The molecule has 0 unspecified atom stereocenters. The average molecular weight is 500 g/mol. The van der Waals surface area contributed by atoms with E-state index in [2.05, 4.69) is 5.32 Å². The van der Waals surface area contributed by atoms with E-state index in [1.165, 1.54) is 0 Å². The summed E-state index contributed by atoms with van der Waals surface area (Å²) in [5.74, 6) is -0.548. The highest BCUT2D eigenvalue weighted by atomic mass is 35.5. The third kappa shape index (κ3) is 3.16. The number of hydrogen-bond donors (Lipinski definition) is 1. The SMILES string of the molecule is O=C1c2ccccc2N[C@]2(C(=O)N(Cc3c(Cl)cccc3Cl)c3ccccc32)N1c1ccccc1. The quantitative estimate of drug-likeness (QED) is 0.351. The van der Waals surface area contributed by atoms with Crippen LogP contribution >= 0.6 is 23.2 Å². The van der Waals surface area contributed by atoms with Crippen molar-refractivity contribution < 1.29 is 9.59 Å². The van der Waals surface area contributed by atoms with Crippen LogP contribution in [0.25, 0.3) is 0 Å². The van der Waals surface area contributed by atoms with E-state index in [0.717, 1.165) is 0 Å². The molecule has 2 aliphatic heterocycles. The molecular weight excluding hydrogens is 481 g/mol. The van der Waals surface area contributed by atoms with Crippen LogP contribution in [0.1, 0.15) is 21.5 Å². The Bertz CT molecular complexity index is 1470. The van der Waals surface area contributed by atoms with Crippen molar-refractivity contribution in [3.8, 4) is 0 Å². The molecule has 2 heterocycles. The second-order valence-corrected chi connectivity index (χ2v) is 9.28. The molecule has 0 fully saturated rings. The molecule has 5 nitrogen and oxygen atoms in total. The van der Waals surface area contributed by atoms with Crippen LogP contribution in [0.3, 0.4) is 0 Å².